The number of hydrogen-bond acceptors (Lipinski definition) is 3. The van der Waals surface area contributed by atoms with Gasteiger partial charge in [-0.25, -0.2) is 0 Å². The molecular weight excluding hydrogens is 242 g/mol. The second-order valence-electron chi connectivity index (χ2n) is 4.14. The van der Waals surface area contributed by atoms with Crippen LogP contribution in [0.25, 0.3) is 0 Å². The quantitative estimate of drug-likeness (QED) is 0.785. The van der Waals surface area contributed by atoms with Crippen LogP contribution in [0.2, 0.25) is 0 Å². The Morgan fingerprint density at radius 2 is 2.43 bits per heavy atom. The van der Waals surface area contributed by atoms with Crippen molar-refractivity contribution in [2.45, 2.75) is 18.0 Å². The summed E-state index contributed by atoms with van der Waals surface area (Å²) in [5, 5.41) is 7.10. The minimum Gasteiger partial charge on any atom is -0.310 e. The molecule has 3 rings (SSSR count). The van der Waals surface area contributed by atoms with Gasteiger partial charge in [0.05, 0.1) is 5.54 Å². The molecule has 2 bridgehead atoms. The average Bonchev–Trinajstić information content (AvgIpc) is 2.78. The standard InChI is InChI=1S/C10H12BrN3/c11-8-1-7(3-12-4-8)10-2-9(5-14-10)13-6-10/h1,3-4,9,13-14H,2,5-6H2/t9-,10+/m0/s1. The fraction of sp³-hybridized carbons (Fsp3) is 0.500. The Balaban J connectivity index is 2.02. The van der Waals surface area contributed by atoms with Crippen molar-refractivity contribution in [3.05, 3.63) is 28.5 Å². The van der Waals surface area contributed by atoms with Crippen molar-refractivity contribution in [2.24, 2.45) is 0 Å². The van der Waals surface area contributed by atoms with Crippen LogP contribution < -0.4 is 10.6 Å². The number of halogens is 1. The molecule has 0 amide bonds. The van der Waals surface area contributed by atoms with E-state index in [4.69, 9.17) is 0 Å². The molecule has 0 spiro atoms. The molecule has 2 N–H and O–H groups in total. The number of nitrogens with zero attached hydrogens (tertiary/aromatic N) is 1. The molecule has 1 aromatic heterocycles. The highest BCUT2D eigenvalue weighted by atomic mass is 79.9. The first-order valence-electron chi connectivity index (χ1n) is 4.88. The molecule has 3 nitrogen and oxygen atoms in total. The zero-order valence-electron chi connectivity index (χ0n) is 7.76. The topological polar surface area (TPSA) is 37.0 Å². The second-order valence-corrected chi connectivity index (χ2v) is 5.05. The Labute approximate surface area is 91.4 Å². The monoisotopic (exact) mass is 253 g/mol. The number of aromatic nitrogens is 1. The maximum Gasteiger partial charge on any atom is 0.0592 e. The van der Waals surface area contributed by atoms with E-state index in [2.05, 4.69) is 37.6 Å². The molecule has 0 saturated carbocycles. The van der Waals surface area contributed by atoms with Gasteiger partial charge in [-0.2, -0.15) is 0 Å². The normalized spacial score (nSPS) is 35.1. The first kappa shape index (κ1) is 8.83. The zero-order chi connectivity index (χ0) is 9.60. The van der Waals surface area contributed by atoms with Gasteiger partial charge in [0.15, 0.2) is 0 Å². The predicted octanol–water partition coefficient (Wildman–Crippen LogP) is 1.00. The molecular formula is C10H12BrN3. The van der Waals surface area contributed by atoms with E-state index in [1.807, 2.05) is 12.4 Å². The van der Waals surface area contributed by atoms with E-state index in [0.29, 0.717) is 6.04 Å². The number of pyridine rings is 1. The highest BCUT2D eigenvalue weighted by Gasteiger charge is 2.45. The summed E-state index contributed by atoms with van der Waals surface area (Å²) in [7, 11) is 0. The molecule has 4 heteroatoms. The van der Waals surface area contributed by atoms with Crippen molar-refractivity contribution in [3.63, 3.8) is 0 Å². The fourth-order valence-corrected chi connectivity index (χ4v) is 2.84. The lowest BCUT2D eigenvalue weighted by Crippen LogP contribution is -2.47. The SMILES string of the molecule is Brc1cncc([C@@]23CN[C@H](CN2)C3)c1. The van der Waals surface area contributed by atoms with Crippen LogP contribution in [-0.4, -0.2) is 24.1 Å². The van der Waals surface area contributed by atoms with E-state index < -0.39 is 0 Å². The Bertz CT molecular complexity index is 358. The van der Waals surface area contributed by atoms with Crippen LogP contribution in [0.15, 0.2) is 22.9 Å². The lowest BCUT2D eigenvalue weighted by atomic mass is 9.92. The predicted molar refractivity (Wildman–Crippen MR) is 58.0 cm³/mol. The van der Waals surface area contributed by atoms with Gasteiger partial charge < -0.3 is 10.6 Å². The van der Waals surface area contributed by atoms with Gasteiger partial charge in [-0.1, -0.05) is 0 Å². The van der Waals surface area contributed by atoms with Crippen LogP contribution in [0.3, 0.4) is 0 Å². The molecule has 2 aliphatic heterocycles. The number of fused-ring (bicyclic) bond motifs is 2. The number of nitrogens with one attached hydrogen (secondary N) is 2. The second kappa shape index (κ2) is 3.02. The van der Waals surface area contributed by atoms with E-state index in [1.54, 1.807) is 0 Å². The molecule has 0 aromatic carbocycles. The minimum absolute atomic E-state index is 0.140. The molecule has 3 heterocycles. The lowest BCUT2D eigenvalue weighted by Gasteiger charge is -2.28. The van der Waals surface area contributed by atoms with Crippen LogP contribution in [0, 0.1) is 0 Å². The van der Waals surface area contributed by atoms with Crippen LogP contribution >= 0.6 is 15.9 Å². The third kappa shape index (κ3) is 1.21. The van der Waals surface area contributed by atoms with Gasteiger partial charge in [-0.15, -0.1) is 0 Å². The number of hydrogen-bond donors (Lipinski definition) is 2. The largest absolute Gasteiger partial charge is 0.310 e. The van der Waals surface area contributed by atoms with Crippen LogP contribution in [0.5, 0.6) is 0 Å². The third-order valence-electron chi connectivity index (χ3n) is 3.23. The van der Waals surface area contributed by atoms with E-state index >= 15 is 0 Å². The Kier molecular flexibility index (Phi) is 1.90. The molecule has 2 fully saturated rings. The Morgan fingerprint density at radius 3 is 3.00 bits per heavy atom. The van der Waals surface area contributed by atoms with E-state index in [0.717, 1.165) is 17.6 Å². The van der Waals surface area contributed by atoms with Gasteiger partial charge in [0.25, 0.3) is 0 Å². The van der Waals surface area contributed by atoms with Crippen molar-refractivity contribution in [1.82, 2.24) is 15.6 Å². The average molecular weight is 254 g/mol. The first-order chi connectivity index (χ1) is 6.78. The molecule has 0 aliphatic carbocycles. The van der Waals surface area contributed by atoms with E-state index in [1.165, 1.54) is 12.0 Å². The summed E-state index contributed by atoms with van der Waals surface area (Å²) in [6, 6.07) is 2.81. The molecule has 2 saturated heterocycles. The highest BCUT2D eigenvalue weighted by molar-refractivity contribution is 9.10. The number of piperazine rings is 1. The van der Waals surface area contributed by atoms with Crippen molar-refractivity contribution in [1.29, 1.82) is 0 Å². The summed E-state index contributed by atoms with van der Waals surface area (Å²) in [5.41, 5.74) is 1.43. The molecule has 74 valence electrons. The van der Waals surface area contributed by atoms with Gasteiger partial charge in [0, 0.05) is 36.0 Å². The van der Waals surface area contributed by atoms with Crippen LogP contribution in [0.4, 0.5) is 0 Å². The Morgan fingerprint density at radius 1 is 1.50 bits per heavy atom. The molecule has 2 atom stereocenters. The first-order valence-corrected chi connectivity index (χ1v) is 5.67. The van der Waals surface area contributed by atoms with Crippen LogP contribution in [0.1, 0.15) is 12.0 Å². The van der Waals surface area contributed by atoms with E-state index in [-0.39, 0.29) is 5.54 Å². The molecule has 1 aromatic rings. The molecule has 0 unspecified atom stereocenters. The van der Waals surface area contributed by atoms with Gasteiger partial charge in [0.2, 0.25) is 0 Å². The van der Waals surface area contributed by atoms with Gasteiger partial charge in [-0.05, 0) is 34.0 Å². The maximum absolute atomic E-state index is 4.23. The summed E-state index contributed by atoms with van der Waals surface area (Å²) >= 11 is 3.47. The van der Waals surface area contributed by atoms with Gasteiger partial charge in [-0.3, -0.25) is 4.98 Å². The van der Waals surface area contributed by atoms with Gasteiger partial charge >= 0.3 is 0 Å². The third-order valence-corrected chi connectivity index (χ3v) is 3.67. The summed E-state index contributed by atoms with van der Waals surface area (Å²) < 4.78 is 1.06. The van der Waals surface area contributed by atoms with Gasteiger partial charge in [0.1, 0.15) is 0 Å². The van der Waals surface area contributed by atoms with Crippen LogP contribution in [-0.2, 0) is 5.54 Å². The molecule has 0 radical (unpaired) electrons. The van der Waals surface area contributed by atoms with Crippen molar-refractivity contribution in [2.75, 3.05) is 13.1 Å². The Hall–Kier alpha value is -0.450. The summed E-state index contributed by atoms with van der Waals surface area (Å²) in [4.78, 5) is 4.23. The van der Waals surface area contributed by atoms with Crippen molar-refractivity contribution < 1.29 is 0 Å². The van der Waals surface area contributed by atoms with Crippen molar-refractivity contribution in [3.8, 4) is 0 Å². The smallest absolute Gasteiger partial charge is 0.0592 e. The summed E-state index contributed by atoms with van der Waals surface area (Å²) in [5.74, 6) is 0. The molecule has 2 aliphatic rings. The van der Waals surface area contributed by atoms with Crippen molar-refractivity contribution >= 4 is 15.9 Å². The maximum atomic E-state index is 4.23. The highest BCUT2D eigenvalue weighted by Crippen LogP contribution is 2.35. The summed E-state index contributed by atoms with van der Waals surface area (Å²) in [6.45, 7) is 2.10. The minimum atomic E-state index is 0.140. The van der Waals surface area contributed by atoms with E-state index in [9.17, 15) is 0 Å². The lowest BCUT2D eigenvalue weighted by molar-refractivity contribution is 0.391. The molecule has 14 heavy (non-hydrogen) atoms. The zero-order valence-corrected chi connectivity index (χ0v) is 9.34. The fourth-order valence-electron chi connectivity index (χ4n) is 2.48. The number of rotatable bonds is 1. The summed E-state index contributed by atoms with van der Waals surface area (Å²) in [6.07, 6.45) is 4.98.